The van der Waals surface area contributed by atoms with Crippen LogP contribution >= 0.6 is 0 Å². The molecule has 0 fully saturated rings. The van der Waals surface area contributed by atoms with E-state index in [1.807, 2.05) is 6.92 Å². The van der Waals surface area contributed by atoms with Crippen LogP contribution < -0.4 is 5.32 Å². The number of nitrogens with zero attached hydrogens (tertiary/aromatic N) is 3. The fourth-order valence-corrected chi connectivity index (χ4v) is 1.59. The zero-order chi connectivity index (χ0) is 12.3. The van der Waals surface area contributed by atoms with Gasteiger partial charge in [0, 0.05) is 0 Å². The van der Waals surface area contributed by atoms with Crippen LogP contribution in [0.3, 0.4) is 0 Å². The molecule has 0 bridgehead atoms. The van der Waals surface area contributed by atoms with Crippen molar-refractivity contribution in [1.82, 2.24) is 20.2 Å². The van der Waals surface area contributed by atoms with Crippen molar-refractivity contribution in [2.75, 3.05) is 5.32 Å². The van der Waals surface area contributed by atoms with Crippen molar-refractivity contribution in [2.45, 2.75) is 25.8 Å². The lowest BCUT2D eigenvalue weighted by atomic mass is 10.1. The Morgan fingerprint density at radius 1 is 1.59 bits per heavy atom. The first-order valence-corrected chi connectivity index (χ1v) is 5.35. The van der Waals surface area contributed by atoms with Crippen LogP contribution in [-0.4, -0.2) is 37.3 Å². The number of rotatable bonds is 5. The van der Waals surface area contributed by atoms with Gasteiger partial charge in [0.25, 0.3) is 0 Å². The molecule has 7 heteroatoms. The quantitative estimate of drug-likeness (QED) is 0.714. The zero-order valence-electron chi connectivity index (χ0n) is 9.34. The Balaban J connectivity index is 2.27. The zero-order valence-corrected chi connectivity index (χ0v) is 9.34. The second kappa shape index (κ2) is 4.77. The van der Waals surface area contributed by atoms with Crippen LogP contribution in [0.5, 0.6) is 0 Å². The Bertz CT molecular complexity index is 524. The van der Waals surface area contributed by atoms with E-state index < -0.39 is 12.0 Å². The summed E-state index contributed by atoms with van der Waals surface area (Å²) in [5.74, 6) is -0.397. The summed E-state index contributed by atoms with van der Waals surface area (Å²) < 4.78 is 0. The van der Waals surface area contributed by atoms with Crippen molar-refractivity contribution in [1.29, 1.82) is 0 Å². The molecule has 0 aliphatic carbocycles. The van der Waals surface area contributed by atoms with Gasteiger partial charge in [-0.1, -0.05) is 13.3 Å². The summed E-state index contributed by atoms with van der Waals surface area (Å²) >= 11 is 0. The minimum atomic E-state index is -0.887. The van der Waals surface area contributed by atoms with E-state index >= 15 is 0 Å². The van der Waals surface area contributed by atoms with Gasteiger partial charge in [0.1, 0.15) is 18.2 Å². The molecule has 2 aromatic heterocycles. The van der Waals surface area contributed by atoms with E-state index in [0.29, 0.717) is 23.3 Å². The lowest BCUT2D eigenvalue weighted by molar-refractivity contribution is -0.138. The summed E-state index contributed by atoms with van der Waals surface area (Å²) in [5, 5.41) is 19.2. The van der Waals surface area contributed by atoms with Crippen molar-refractivity contribution < 1.29 is 9.90 Å². The number of nitrogens with one attached hydrogen (secondary N) is 2. The van der Waals surface area contributed by atoms with Gasteiger partial charge in [-0.05, 0) is 6.42 Å². The molecule has 1 unspecified atom stereocenters. The van der Waals surface area contributed by atoms with Gasteiger partial charge >= 0.3 is 5.97 Å². The van der Waals surface area contributed by atoms with E-state index in [9.17, 15) is 4.79 Å². The molecule has 0 aliphatic heterocycles. The Morgan fingerprint density at radius 2 is 2.41 bits per heavy atom. The maximum atomic E-state index is 11.0. The fourth-order valence-electron chi connectivity index (χ4n) is 1.59. The average Bonchev–Trinajstić information content (AvgIpc) is 2.77. The molecule has 2 aromatic rings. The molecule has 0 amide bonds. The number of carboxylic acid groups (broad SMARTS) is 1. The number of aromatic amines is 1. The predicted molar refractivity (Wildman–Crippen MR) is 61.6 cm³/mol. The molecule has 2 rings (SSSR count). The number of anilines is 1. The highest BCUT2D eigenvalue weighted by atomic mass is 16.4. The van der Waals surface area contributed by atoms with Crippen LogP contribution in [0, 0.1) is 0 Å². The number of carboxylic acids is 1. The van der Waals surface area contributed by atoms with Crippen LogP contribution in [0.15, 0.2) is 12.5 Å². The van der Waals surface area contributed by atoms with E-state index in [1.54, 1.807) is 6.20 Å². The fraction of sp³-hybridized carbons (Fsp3) is 0.400. The molecule has 0 spiro atoms. The lowest BCUT2D eigenvalue weighted by Gasteiger charge is -2.14. The summed E-state index contributed by atoms with van der Waals surface area (Å²) in [6.45, 7) is 1.94. The van der Waals surface area contributed by atoms with E-state index in [0.717, 1.165) is 6.42 Å². The largest absolute Gasteiger partial charge is 0.480 e. The highest BCUT2D eigenvalue weighted by Gasteiger charge is 2.18. The molecule has 3 N–H and O–H groups in total. The molecule has 0 radical (unpaired) electrons. The molecule has 0 aromatic carbocycles. The van der Waals surface area contributed by atoms with Gasteiger partial charge in [-0.15, -0.1) is 0 Å². The SMILES string of the molecule is CCCC(Nc1ncnc2[nH]ncc12)C(=O)O. The minimum absolute atomic E-state index is 0.490. The van der Waals surface area contributed by atoms with Gasteiger partial charge in [0.15, 0.2) is 5.65 Å². The number of hydrogen-bond donors (Lipinski definition) is 3. The second-order valence-corrected chi connectivity index (χ2v) is 3.68. The van der Waals surface area contributed by atoms with Crippen molar-refractivity contribution in [3.8, 4) is 0 Å². The summed E-state index contributed by atoms with van der Waals surface area (Å²) in [7, 11) is 0. The Hall–Kier alpha value is -2.18. The Morgan fingerprint density at radius 3 is 3.12 bits per heavy atom. The van der Waals surface area contributed by atoms with Crippen LogP contribution in [-0.2, 0) is 4.79 Å². The highest BCUT2D eigenvalue weighted by molar-refractivity contribution is 5.88. The topological polar surface area (TPSA) is 104 Å². The number of aromatic nitrogens is 4. The first-order chi connectivity index (χ1) is 8.22. The van der Waals surface area contributed by atoms with Crippen LogP contribution in [0.25, 0.3) is 11.0 Å². The summed E-state index contributed by atoms with van der Waals surface area (Å²) in [4.78, 5) is 19.1. The predicted octanol–water partition coefficient (Wildman–Crippen LogP) is 1.02. The smallest absolute Gasteiger partial charge is 0.326 e. The molecular weight excluding hydrogens is 222 g/mol. The van der Waals surface area contributed by atoms with Crippen molar-refractivity contribution in [3.05, 3.63) is 12.5 Å². The van der Waals surface area contributed by atoms with E-state index in [4.69, 9.17) is 5.11 Å². The summed E-state index contributed by atoms with van der Waals surface area (Å²) in [5.41, 5.74) is 0.586. The van der Waals surface area contributed by atoms with Crippen molar-refractivity contribution >= 4 is 22.8 Å². The molecule has 1 atom stereocenters. The van der Waals surface area contributed by atoms with Crippen LogP contribution in [0.2, 0.25) is 0 Å². The molecule has 0 saturated carbocycles. The average molecular weight is 235 g/mol. The van der Waals surface area contributed by atoms with Crippen molar-refractivity contribution in [2.24, 2.45) is 0 Å². The molecule has 0 saturated heterocycles. The monoisotopic (exact) mass is 235 g/mol. The van der Waals surface area contributed by atoms with Gasteiger partial charge in [-0.25, -0.2) is 14.8 Å². The lowest BCUT2D eigenvalue weighted by Crippen LogP contribution is -2.29. The van der Waals surface area contributed by atoms with E-state index in [-0.39, 0.29) is 0 Å². The van der Waals surface area contributed by atoms with Crippen LogP contribution in [0.4, 0.5) is 5.82 Å². The highest BCUT2D eigenvalue weighted by Crippen LogP contribution is 2.17. The summed E-state index contributed by atoms with van der Waals surface area (Å²) in [6.07, 6.45) is 4.26. The van der Waals surface area contributed by atoms with Gasteiger partial charge in [0.2, 0.25) is 0 Å². The first kappa shape index (κ1) is 11.3. The van der Waals surface area contributed by atoms with E-state index in [1.165, 1.54) is 6.33 Å². The third kappa shape index (κ3) is 2.32. The summed E-state index contributed by atoms with van der Waals surface area (Å²) in [6, 6.07) is -0.645. The van der Waals surface area contributed by atoms with Crippen LogP contribution in [0.1, 0.15) is 19.8 Å². The third-order valence-corrected chi connectivity index (χ3v) is 2.43. The Labute approximate surface area is 97.3 Å². The van der Waals surface area contributed by atoms with Gasteiger partial charge in [-0.2, -0.15) is 5.10 Å². The van der Waals surface area contributed by atoms with Gasteiger partial charge in [0.05, 0.1) is 11.6 Å². The maximum absolute atomic E-state index is 11.0. The number of aliphatic carboxylic acids is 1. The number of carbonyl (C=O) groups is 1. The standard InChI is InChI=1S/C10H13N5O2/c1-2-3-7(10(16)17)14-8-6-4-13-15-9(6)12-5-11-8/h4-5,7H,2-3H2,1H3,(H,16,17)(H2,11,12,13,14,15). The molecule has 7 nitrogen and oxygen atoms in total. The van der Waals surface area contributed by atoms with Crippen molar-refractivity contribution in [3.63, 3.8) is 0 Å². The normalized spacial score (nSPS) is 12.5. The molecule has 90 valence electrons. The number of H-pyrrole nitrogens is 1. The first-order valence-electron chi connectivity index (χ1n) is 5.35. The number of fused-ring (bicyclic) bond motifs is 1. The van der Waals surface area contributed by atoms with E-state index in [2.05, 4.69) is 25.5 Å². The maximum Gasteiger partial charge on any atom is 0.326 e. The second-order valence-electron chi connectivity index (χ2n) is 3.68. The minimum Gasteiger partial charge on any atom is -0.480 e. The Kier molecular flexibility index (Phi) is 3.17. The van der Waals surface area contributed by atoms with Gasteiger partial charge < -0.3 is 10.4 Å². The molecule has 17 heavy (non-hydrogen) atoms. The molecule has 0 aliphatic rings. The molecule has 2 heterocycles. The number of hydrogen-bond acceptors (Lipinski definition) is 5. The third-order valence-electron chi connectivity index (χ3n) is 2.43. The molecular formula is C10H13N5O2. The van der Waals surface area contributed by atoms with Gasteiger partial charge in [-0.3, -0.25) is 5.10 Å².